The zero-order valence-corrected chi connectivity index (χ0v) is 25.5. The maximum atomic E-state index is 14.6. The second kappa shape index (κ2) is 12.9. The molecule has 2 heterocycles. The number of fused-ring (bicyclic) bond motifs is 2. The predicted molar refractivity (Wildman–Crippen MR) is 166 cm³/mol. The van der Waals surface area contributed by atoms with Crippen LogP contribution in [-0.2, 0) is 9.59 Å². The van der Waals surface area contributed by atoms with Crippen LogP contribution in [0.2, 0.25) is 0 Å². The summed E-state index contributed by atoms with van der Waals surface area (Å²) >= 11 is 0. The van der Waals surface area contributed by atoms with Gasteiger partial charge in [-0.1, -0.05) is 50.2 Å². The smallest absolute Gasteiger partial charge is 0.245 e. The Morgan fingerprint density at radius 1 is 1.02 bits per heavy atom. The minimum Gasteiger partial charge on any atom is -0.361 e. The molecule has 0 bridgehead atoms. The van der Waals surface area contributed by atoms with Crippen LogP contribution in [0, 0.1) is 23.6 Å². The summed E-state index contributed by atoms with van der Waals surface area (Å²) in [6.07, 6.45) is 19.6. The second-order valence-corrected chi connectivity index (χ2v) is 13.6. The van der Waals surface area contributed by atoms with Crippen LogP contribution in [0.5, 0.6) is 0 Å². The molecule has 7 heteroatoms. The van der Waals surface area contributed by atoms with E-state index < -0.39 is 6.04 Å². The molecule has 2 amide bonds. The molecule has 0 spiro atoms. The molecule has 5 unspecified atom stereocenters. The van der Waals surface area contributed by atoms with Crippen LogP contribution in [0.4, 0.5) is 4.39 Å². The summed E-state index contributed by atoms with van der Waals surface area (Å²) in [4.78, 5) is 33.2. The molecule has 1 aromatic heterocycles. The zero-order valence-electron chi connectivity index (χ0n) is 25.5. The number of rotatable bonds is 7. The number of hydrogen-bond donors (Lipinski definition) is 3. The van der Waals surface area contributed by atoms with Gasteiger partial charge in [0.15, 0.2) is 0 Å². The standard InChI is InChI=1S/C35H49FN4O2/c1-22(37-2)34(41)39-32(25-11-7-4-8-12-25)35(42)40-16-15-26-18-24(17-23-9-5-3-6-10-23)19-29(33(26)40)30-21-38-31-20-27(36)13-14-28(30)31/h13-14,17,20-23,25-26,29,32-33,37-38H,3-12,15-16,18-19H2,1-2H3,(H,39,41). The number of aromatic nitrogens is 1. The number of likely N-dealkylation sites (N-methyl/N-ethyl adjacent to an activating group) is 1. The number of likely N-dealkylation sites (tertiary alicyclic amines) is 1. The zero-order chi connectivity index (χ0) is 29.2. The van der Waals surface area contributed by atoms with E-state index in [4.69, 9.17) is 0 Å². The van der Waals surface area contributed by atoms with Crippen molar-refractivity contribution in [2.75, 3.05) is 13.6 Å². The number of carbonyl (C=O) groups excluding carboxylic acids is 2. The third-order valence-electron chi connectivity index (χ3n) is 11.0. The van der Waals surface area contributed by atoms with Crippen molar-refractivity contribution in [2.45, 2.75) is 114 Å². The third kappa shape index (κ3) is 6.04. The summed E-state index contributed by atoms with van der Waals surface area (Å²) in [5.74, 6) is 1.14. The molecular formula is C35H49FN4O2. The topological polar surface area (TPSA) is 77.2 Å². The van der Waals surface area contributed by atoms with Gasteiger partial charge in [0.25, 0.3) is 0 Å². The lowest BCUT2D eigenvalue weighted by atomic mass is 9.70. The molecule has 2 aromatic rings. The van der Waals surface area contributed by atoms with Crippen LogP contribution >= 0.6 is 0 Å². The lowest BCUT2D eigenvalue weighted by molar-refractivity contribution is -0.140. The van der Waals surface area contributed by atoms with Crippen LogP contribution in [0.3, 0.4) is 0 Å². The maximum Gasteiger partial charge on any atom is 0.245 e. The van der Waals surface area contributed by atoms with E-state index in [1.807, 2.05) is 13.0 Å². The van der Waals surface area contributed by atoms with Gasteiger partial charge in [0.05, 0.1) is 6.04 Å². The van der Waals surface area contributed by atoms with Gasteiger partial charge in [-0.05, 0) is 100 Å². The molecule has 1 aromatic carbocycles. The van der Waals surface area contributed by atoms with Crippen LogP contribution in [0.1, 0.15) is 102 Å². The number of hydrogen-bond acceptors (Lipinski definition) is 3. The van der Waals surface area contributed by atoms with Gasteiger partial charge in [-0.15, -0.1) is 0 Å². The fourth-order valence-electron chi connectivity index (χ4n) is 8.66. The van der Waals surface area contributed by atoms with Crippen LogP contribution in [0.15, 0.2) is 36.0 Å². The van der Waals surface area contributed by atoms with Gasteiger partial charge in [0, 0.05) is 35.6 Å². The van der Waals surface area contributed by atoms with E-state index in [9.17, 15) is 14.0 Å². The lowest BCUT2D eigenvalue weighted by Crippen LogP contribution is -2.57. The highest BCUT2D eigenvalue weighted by Crippen LogP contribution is 2.49. The molecule has 6 nitrogen and oxygen atoms in total. The Hall–Kier alpha value is -2.67. The number of benzene rings is 1. The highest BCUT2D eigenvalue weighted by atomic mass is 19.1. The molecule has 3 saturated carbocycles. The van der Waals surface area contributed by atoms with Gasteiger partial charge in [-0.25, -0.2) is 4.39 Å². The van der Waals surface area contributed by atoms with Crippen molar-refractivity contribution in [1.82, 2.24) is 20.5 Å². The average Bonchev–Trinajstić information content (AvgIpc) is 3.64. The van der Waals surface area contributed by atoms with Crippen molar-refractivity contribution in [3.8, 4) is 0 Å². The summed E-state index contributed by atoms with van der Waals surface area (Å²) in [5.41, 5.74) is 3.55. The SMILES string of the molecule is CNC(C)C(=O)NC(C(=O)N1CCC2CC(=CC3CCCCC3)CC(c3c[nH]c4cc(F)ccc34)C21)C1CCCCC1. The monoisotopic (exact) mass is 576 g/mol. The first-order valence-corrected chi connectivity index (χ1v) is 16.7. The molecule has 228 valence electrons. The van der Waals surface area contributed by atoms with E-state index >= 15 is 0 Å². The fraction of sp³-hybridized carbons (Fsp3) is 0.657. The first-order valence-electron chi connectivity index (χ1n) is 16.7. The predicted octanol–water partition coefficient (Wildman–Crippen LogP) is 6.58. The number of H-pyrrole nitrogens is 1. The third-order valence-corrected chi connectivity index (χ3v) is 11.0. The van der Waals surface area contributed by atoms with Crippen molar-refractivity contribution in [3.05, 3.63) is 47.4 Å². The highest BCUT2D eigenvalue weighted by molar-refractivity contribution is 5.90. The average molecular weight is 577 g/mol. The first-order chi connectivity index (χ1) is 20.4. The molecule has 42 heavy (non-hydrogen) atoms. The molecule has 4 aliphatic rings. The van der Waals surface area contributed by atoms with Gasteiger partial charge in [0.2, 0.25) is 11.8 Å². The molecule has 6 rings (SSSR count). The molecule has 3 aliphatic carbocycles. The Bertz CT molecular complexity index is 1290. The number of amides is 2. The largest absolute Gasteiger partial charge is 0.361 e. The molecule has 1 aliphatic heterocycles. The summed E-state index contributed by atoms with van der Waals surface area (Å²) in [6, 6.07) is 4.27. The van der Waals surface area contributed by atoms with Gasteiger partial charge in [0.1, 0.15) is 11.9 Å². The number of nitrogens with zero attached hydrogens (tertiary/aromatic N) is 1. The molecule has 0 radical (unpaired) electrons. The molecular weight excluding hydrogens is 527 g/mol. The number of nitrogens with one attached hydrogen (secondary N) is 3. The second-order valence-electron chi connectivity index (χ2n) is 13.6. The summed E-state index contributed by atoms with van der Waals surface area (Å²) in [7, 11) is 1.78. The van der Waals surface area contributed by atoms with Crippen molar-refractivity contribution < 1.29 is 14.0 Å². The number of halogens is 1. The minimum atomic E-state index is -0.482. The fourth-order valence-corrected chi connectivity index (χ4v) is 8.66. The van der Waals surface area contributed by atoms with Crippen LogP contribution < -0.4 is 10.6 Å². The molecule has 3 N–H and O–H groups in total. The molecule has 5 atom stereocenters. The Balaban J connectivity index is 1.33. The summed E-state index contributed by atoms with van der Waals surface area (Å²) in [5, 5.41) is 7.30. The maximum absolute atomic E-state index is 14.6. The van der Waals surface area contributed by atoms with E-state index in [1.54, 1.807) is 24.8 Å². The van der Waals surface area contributed by atoms with E-state index in [0.717, 1.165) is 62.4 Å². The summed E-state index contributed by atoms with van der Waals surface area (Å²) < 4.78 is 14.1. The first kappa shape index (κ1) is 29.4. The van der Waals surface area contributed by atoms with Gasteiger partial charge in [-0.3, -0.25) is 9.59 Å². The molecule has 1 saturated heterocycles. The van der Waals surface area contributed by atoms with E-state index in [0.29, 0.717) is 11.8 Å². The van der Waals surface area contributed by atoms with E-state index in [1.165, 1.54) is 44.1 Å². The van der Waals surface area contributed by atoms with Gasteiger partial charge in [-0.2, -0.15) is 0 Å². The lowest BCUT2D eigenvalue weighted by Gasteiger charge is -2.42. The van der Waals surface area contributed by atoms with Gasteiger partial charge < -0.3 is 20.5 Å². The van der Waals surface area contributed by atoms with E-state index in [2.05, 4.69) is 32.8 Å². The number of allylic oxidation sites excluding steroid dienone is 2. The van der Waals surface area contributed by atoms with Crippen molar-refractivity contribution in [3.63, 3.8) is 0 Å². The Kier molecular flexibility index (Phi) is 9.04. The van der Waals surface area contributed by atoms with E-state index in [-0.39, 0.29) is 41.6 Å². The van der Waals surface area contributed by atoms with Crippen LogP contribution in [-0.4, -0.2) is 53.4 Å². The Morgan fingerprint density at radius 3 is 2.50 bits per heavy atom. The quantitative estimate of drug-likeness (QED) is 0.326. The normalized spacial score (nSPS) is 28.1. The van der Waals surface area contributed by atoms with Crippen LogP contribution in [0.25, 0.3) is 10.9 Å². The van der Waals surface area contributed by atoms with Gasteiger partial charge >= 0.3 is 0 Å². The Morgan fingerprint density at radius 2 is 1.76 bits per heavy atom. The van der Waals surface area contributed by atoms with Crippen molar-refractivity contribution in [2.24, 2.45) is 17.8 Å². The number of carbonyl (C=O) groups is 2. The Labute approximate surface area is 250 Å². The summed E-state index contributed by atoms with van der Waals surface area (Å²) in [6.45, 7) is 2.58. The minimum absolute atomic E-state index is 0.0785. The van der Waals surface area contributed by atoms with Crippen molar-refractivity contribution >= 4 is 22.7 Å². The number of aromatic amines is 1. The van der Waals surface area contributed by atoms with Crippen molar-refractivity contribution in [1.29, 1.82) is 0 Å². The molecule has 4 fully saturated rings. The highest BCUT2D eigenvalue weighted by Gasteiger charge is 2.48.